The molecule has 1 aliphatic rings. The average Bonchev–Trinajstić information content (AvgIpc) is 2.65. The zero-order valence-electron chi connectivity index (χ0n) is 13.2. The van der Waals surface area contributed by atoms with Gasteiger partial charge >= 0.3 is 0 Å². The van der Waals surface area contributed by atoms with Gasteiger partial charge in [0.1, 0.15) is 11.5 Å². The number of nitrogens with zero attached hydrogens (tertiary/aromatic N) is 4. The second kappa shape index (κ2) is 7.67. The van der Waals surface area contributed by atoms with E-state index in [9.17, 15) is 9.59 Å². The largest absolute Gasteiger partial charge is 0.342 e. The number of nitrogens with one attached hydrogen (secondary N) is 1. The van der Waals surface area contributed by atoms with Crippen molar-refractivity contribution in [2.24, 2.45) is 0 Å². The zero-order chi connectivity index (χ0) is 17.8. The summed E-state index contributed by atoms with van der Waals surface area (Å²) in [4.78, 5) is 34.8. The molecule has 9 heteroatoms. The standard InChI is InChI=1S/C16H15Cl2N5O2/c17-12-2-1-11(7-13(12)18)21-15-9-19-14(8-20-15)16(25)23-5-3-22(10-24)4-6-23/h1-2,7-10H,3-6H2,(H,20,21). The van der Waals surface area contributed by atoms with Crippen LogP contribution in [0.2, 0.25) is 10.0 Å². The van der Waals surface area contributed by atoms with E-state index in [-0.39, 0.29) is 11.6 Å². The van der Waals surface area contributed by atoms with Gasteiger partial charge in [-0.2, -0.15) is 0 Å². The third-order valence-electron chi connectivity index (χ3n) is 3.81. The van der Waals surface area contributed by atoms with Gasteiger partial charge in [0.05, 0.1) is 22.4 Å². The lowest BCUT2D eigenvalue weighted by atomic mass is 10.3. The molecule has 0 unspecified atom stereocenters. The van der Waals surface area contributed by atoms with E-state index in [4.69, 9.17) is 23.2 Å². The van der Waals surface area contributed by atoms with Gasteiger partial charge in [0, 0.05) is 31.9 Å². The zero-order valence-corrected chi connectivity index (χ0v) is 14.7. The smallest absolute Gasteiger partial charge is 0.274 e. The fourth-order valence-corrected chi connectivity index (χ4v) is 2.72. The molecule has 0 aliphatic carbocycles. The van der Waals surface area contributed by atoms with Gasteiger partial charge in [0.15, 0.2) is 0 Å². The maximum Gasteiger partial charge on any atom is 0.274 e. The highest BCUT2D eigenvalue weighted by Gasteiger charge is 2.22. The van der Waals surface area contributed by atoms with E-state index in [0.29, 0.717) is 47.7 Å². The van der Waals surface area contributed by atoms with E-state index in [1.807, 2.05) is 0 Å². The van der Waals surface area contributed by atoms with Crippen molar-refractivity contribution in [1.82, 2.24) is 19.8 Å². The molecule has 130 valence electrons. The van der Waals surface area contributed by atoms with Gasteiger partial charge in [-0.15, -0.1) is 0 Å². The number of carbonyl (C=O) groups excluding carboxylic acids is 2. The molecule has 1 aromatic heterocycles. The Hall–Kier alpha value is -2.38. The molecule has 0 radical (unpaired) electrons. The third-order valence-corrected chi connectivity index (χ3v) is 4.55. The van der Waals surface area contributed by atoms with Crippen LogP contribution in [-0.2, 0) is 4.79 Å². The first-order valence-electron chi connectivity index (χ1n) is 7.59. The molecule has 1 aromatic carbocycles. The molecule has 2 aromatic rings. The number of halogens is 2. The normalized spacial score (nSPS) is 14.3. The lowest BCUT2D eigenvalue weighted by Gasteiger charge is -2.32. The Balaban J connectivity index is 1.64. The second-order valence-corrected chi connectivity index (χ2v) is 6.29. The molecule has 0 bridgehead atoms. The summed E-state index contributed by atoms with van der Waals surface area (Å²) < 4.78 is 0. The molecular formula is C16H15Cl2N5O2. The predicted octanol–water partition coefficient (Wildman–Crippen LogP) is 2.44. The second-order valence-electron chi connectivity index (χ2n) is 5.47. The Morgan fingerprint density at radius 2 is 1.84 bits per heavy atom. The summed E-state index contributed by atoms with van der Waals surface area (Å²) in [7, 11) is 0. The maximum atomic E-state index is 12.4. The SMILES string of the molecule is O=CN1CCN(C(=O)c2cnc(Nc3ccc(Cl)c(Cl)c3)cn2)CC1. The van der Waals surface area contributed by atoms with E-state index in [0.717, 1.165) is 6.41 Å². The van der Waals surface area contributed by atoms with E-state index in [1.165, 1.54) is 12.4 Å². The number of benzene rings is 1. The van der Waals surface area contributed by atoms with E-state index < -0.39 is 0 Å². The van der Waals surface area contributed by atoms with Crippen LogP contribution in [0.5, 0.6) is 0 Å². The molecular weight excluding hydrogens is 365 g/mol. The van der Waals surface area contributed by atoms with Gasteiger partial charge in [-0.3, -0.25) is 9.59 Å². The number of rotatable bonds is 4. The van der Waals surface area contributed by atoms with E-state index in [1.54, 1.807) is 28.0 Å². The molecule has 25 heavy (non-hydrogen) atoms. The monoisotopic (exact) mass is 379 g/mol. The van der Waals surface area contributed by atoms with E-state index in [2.05, 4.69) is 15.3 Å². The van der Waals surface area contributed by atoms with Crippen LogP contribution in [0.4, 0.5) is 11.5 Å². The molecule has 7 nitrogen and oxygen atoms in total. The quantitative estimate of drug-likeness (QED) is 0.825. The molecule has 0 spiro atoms. The topological polar surface area (TPSA) is 78.4 Å². The summed E-state index contributed by atoms with van der Waals surface area (Å²) in [5.41, 5.74) is 0.979. The van der Waals surface area contributed by atoms with Crippen molar-refractivity contribution in [2.45, 2.75) is 0 Å². The summed E-state index contributed by atoms with van der Waals surface area (Å²) in [6, 6.07) is 5.12. The highest BCUT2D eigenvalue weighted by atomic mass is 35.5. The first kappa shape index (κ1) is 17.4. The minimum Gasteiger partial charge on any atom is -0.342 e. The molecule has 0 saturated carbocycles. The molecule has 3 rings (SSSR count). The Morgan fingerprint density at radius 3 is 2.44 bits per heavy atom. The number of hydrogen-bond donors (Lipinski definition) is 1. The van der Waals surface area contributed by atoms with Gasteiger partial charge in [-0.05, 0) is 18.2 Å². The molecule has 2 heterocycles. The summed E-state index contributed by atoms with van der Waals surface area (Å²) >= 11 is 11.8. The van der Waals surface area contributed by atoms with Crippen LogP contribution in [-0.4, -0.2) is 58.3 Å². The summed E-state index contributed by atoms with van der Waals surface area (Å²) in [6.07, 6.45) is 3.71. The molecule has 0 atom stereocenters. The Morgan fingerprint density at radius 1 is 1.08 bits per heavy atom. The highest BCUT2D eigenvalue weighted by molar-refractivity contribution is 6.42. The van der Waals surface area contributed by atoms with Crippen molar-refractivity contribution >= 4 is 47.0 Å². The van der Waals surface area contributed by atoms with Crippen LogP contribution in [0.25, 0.3) is 0 Å². The van der Waals surface area contributed by atoms with Gasteiger partial charge < -0.3 is 15.1 Å². The first-order valence-corrected chi connectivity index (χ1v) is 8.35. The lowest BCUT2D eigenvalue weighted by molar-refractivity contribution is -0.119. The fourth-order valence-electron chi connectivity index (χ4n) is 2.42. The minimum absolute atomic E-state index is 0.195. The average molecular weight is 380 g/mol. The molecule has 1 fully saturated rings. The van der Waals surface area contributed by atoms with Crippen LogP contribution >= 0.6 is 23.2 Å². The lowest BCUT2D eigenvalue weighted by Crippen LogP contribution is -2.48. The molecule has 1 aliphatic heterocycles. The minimum atomic E-state index is -0.195. The Kier molecular flexibility index (Phi) is 5.35. The van der Waals surface area contributed by atoms with Crippen molar-refractivity contribution in [2.75, 3.05) is 31.5 Å². The van der Waals surface area contributed by atoms with Gasteiger partial charge in [-0.25, -0.2) is 9.97 Å². The first-order chi connectivity index (χ1) is 12.1. The van der Waals surface area contributed by atoms with Crippen molar-refractivity contribution in [3.8, 4) is 0 Å². The number of anilines is 2. The summed E-state index contributed by atoms with van der Waals surface area (Å²) in [6.45, 7) is 2.03. The number of aromatic nitrogens is 2. The summed E-state index contributed by atoms with van der Waals surface area (Å²) in [5, 5.41) is 3.94. The van der Waals surface area contributed by atoms with Crippen LogP contribution in [0.3, 0.4) is 0 Å². The van der Waals surface area contributed by atoms with Crippen LogP contribution < -0.4 is 5.32 Å². The maximum absolute atomic E-state index is 12.4. The van der Waals surface area contributed by atoms with Crippen LogP contribution in [0, 0.1) is 0 Å². The number of hydrogen-bond acceptors (Lipinski definition) is 5. The van der Waals surface area contributed by atoms with Crippen molar-refractivity contribution in [3.63, 3.8) is 0 Å². The number of carbonyl (C=O) groups is 2. The van der Waals surface area contributed by atoms with Crippen molar-refractivity contribution in [3.05, 3.63) is 46.3 Å². The van der Waals surface area contributed by atoms with Gasteiger partial charge in [0.2, 0.25) is 6.41 Å². The molecule has 1 N–H and O–H groups in total. The van der Waals surface area contributed by atoms with Gasteiger partial charge in [0.25, 0.3) is 5.91 Å². The number of amides is 2. The fraction of sp³-hybridized carbons (Fsp3) is 0.250. The van der Waals surface area contributed by atoms with Crippen molar-refractivity contribution < 1.29 is 9.59 Å². The predicted molar refractivity (Wildman–Crippen MR) is 95.3 cm³/mol. The summed E-state index contributed by atoms with van der Waals surface area (Å²) in [5.74, 6) is 0.292. The van der Waals surface area contributed by atoms with E-state index >= 15 is 0 Å². The van der Waals surface area contributed by atoms with Gasteiger partial charge in [-0.1, -0.05) is 23.2 Å². The highest BCUT2D eigenvalue weighted by Crippen LogP contribution is 2.26. The Labute approximate surface area is 154 Å². The van der Waals surface area contributed by atoms with Crippen LogP contribution in [0.1, 0.15) is 10.5 Å². The Bertz CT molecular complexity index is 777. The van der Waals surface area contributed by atoms with Crippen LogP contribution in [0.15, 0.2) is 30.6 Å². The molecule has 2 amide bonds. The third kappa shape index (κ3) is 4.18. The molecule has 1 saturated heterocycles. The number of piperazine rings is 1. The van der Waals surface area contributed by atoms with Crippen molar-refractivity contribution in [1.29, 1.82) is 0 Å².